The van der Waals surface area contributed by atoms with E-state index in [1.165, 1.54) is 12.8 Å². The second-order valence-electron chi connectivity index (χ2n) is 4.21. The predicted molar refractivity (Wildman–Crippen MR) is 53.3 cm³/mol. The van der Waals surface area contributed by atoms with Crippen LogP contribution in [0.15, 0.2) is 0 Å². The number of hydrogen-bond acceptors (Lipinski definition) is 2. The molecule has 1 fully saturated rings. The van der Waals surface area contributed by atoms with Crippen LogP contribution in [0.4, 0.5) is 0 Å². The summed E-state index contributed by atoms with van der Waals surface area (Å²) in [6.07, 6.45) is 2.89. The highest BCUT2D eigenvalue weighted by Crippen LogP contribution is 2.34. The minimum Gasteiger partial charge on any atom is -0.316 e. The van der Waals surface area contributed by atoms with Gasteiger partial charge in [-0.3, -0.25) is 0 Å². The Morgan fingerprint density at radius 1 is 1.42 bits per heavy atom. The number of rotatable bonds is 5. The third kappa shape index (κ3) is 2.76. The van der Waals surface area contributed by atoms with Gasteiger partial charge in [-0.05, 0) is 46.7 Å². The van der Waals surface area contributed by atoms with Crippen molar-refractivity contribution in [2.75, 3.05) is 20.6 Å². The Balaban J connectivity index is 2.21. The van der Waals surface area contributed by atoms with E-state index in [0.29, 0.717) is 6.04 Å². The molecule has 0 heterocycles. The molecule has 0 aromatic carbocycles. The molecule has 72 valence electrons. The lowest BCUT2D eigenvalue weighted by Crippen LogP contribution is -2.40. The number of nitrogens with one attached hydrogen (secondary N) is 1. The van der Waals surface area contributed by atoms with E-state index in [1.54, 1.807) is 0 Å². The van der Waals surface area contributed by atoms with E-state index in [-0.39, 0.29) is 0 Å². The fourth-order valence-electron chi connectivity index (χ4n) is 1.63. The van der Waals surface area contributed by atoms with Gasteiger partial charge in [0.15, 0.2) is 0 Å². The first-order valence-electron chi connectivity index (χ1n) is 5.02. The lowest BCUT2D eigenvalue weighted by atomic mass is 10.2. The van der Waals surface area contributed by atoms with Gasteiger partial charge in [0.05, 0.1) is 0 Å². The molecule has 0 saturated heterocycles. The van der Waals surface area contributed by atoms with E-state index < -0.39 is 0 Å². The minimum atomic E-state index is 0.608. The molecule has 0 bridgehead atoms. The molecule has 0 aliphatic heterocycles. The van der Waals surface area contributed by atoms with Crippen molar-refractivity contribution in [3.8, 4) is 0 Å². The van der Waals surface area contributed by atoms with Gasteiger partial charge in [0.1, 0.15) is 0 Å². The van der Waals surface area contributed by atoms with E-state index in [2.05, 4.69) is 31.1 Å². The van der Waals surface area contributed by atoms with Crippen LogP contribution in [-0.4, -0.2) is 37.6 Å². The first-order chi connectivity index (χ1) is 5.65. The average Bonchev–Trinajstić information content (AvgIpc) is 2.85. The summed E-state index contributed by atoms with van der Waals surface area (Å²) in [5, 5.41) is 3.27. The molecule has 2 heteroatoms. The lowest BCUT2D eigenvalue weighted by Gasteiger charge is -2.27. The molecule has 2 atom stereocenters. The quantitative estimate of drug-likeness (QED) is 0.669. The van der Waals surface area contributed by atoms with Crippen molar-refractivity contribution in [1.29, 1.82) is 0 Å². The van der Waals surface area contributed by atoms with Gasteiger partial charge in [0.2, 0.25) is 0 Å². The highest BCUT2D eigenvalue weighted by molar-refractivity contribution is 4.84. The van der Waals surface area contributed by atoms with Gasteiger partial charge in [-0.2, -0.15) is 0 Å². The Labute approximate surface area is 76.3 Å². The highest BCUT2D eigenvalue weighted by atomic mass is 15.2. The van der Waals surface area contributed by atoms with Crippen molar-refractivity contribution >= 4 is 0 Å². The molecule has 0 aromatic heterocycles. The fraction of sp³-hybridized carbons (Fsp3) is 1.00. The topological polar surface area (TPSA) is 15.3 Å². The summed E-state index contributed by atoms with van der Waals surface area (Å²) in [7, 11) is 4.26. The Bertz CT molecular complexity index is 132. The summed E-state index contributed by atoms with van der Waals surface area (Å²) in [5.41, 5.74) is 0. The van der Waals surface area contributed by atoms with E-state index in [0.717, 1.165) is 18.5 Å². The molecular formula is C10H22N2. The smallest absolute Gasteiger partial charge is 0.0163 e. The van der Waals surface area contributed by atoms with Gasteiger partial charge in [-0.15, -0.1) is 0 Å². The van der Waals surface area contributed by atoms with Crippen molar-refractivity contribution in [3.05, 3.63) is 0 Å². The SMILES string of the molecule is CNC(C)CN(C)C(C)C1CC1. The molecular weight excluding hydrogens is 148 g/mol. The standard InChI is InChI=1S/C10H22N2/c1-8(11-3)7-12(4)9(2)10-5-6-10/h8-11H,5-7H2,1-4H3. The lowest BCUT2D eigenvalue weighted by molar-refractivity contribution is 0.217. The van der Waals surface area contributed by atoms with Crippen LogP contribution in [0.5, 0.6) is 0 Å². The van der Waals surface area contributed by atoms with E-state index in [1.807, 2.05) is 7.05 Å². The molecule has 0 spiro atoms. The monoisotopic (exact) mass is 170 g/mol. The maximum atomic E-state index is 3.27. The van der Waals surface area contributed by atoms with Crippen LogP contribution in [0.2, 0.25) is 0 Å². The molecule has 1 aliphatic carbocycles. The van der Waals surface area contributed by atoms with Crippen LogP contribution >= 0.6 is 0 Å². The van der Waals surface area contributed by atoms with Crippen molar-refractivity contribution in [1.82, 2.24) is 10.2 Å². The summed E-state index contributed by atoms with van der Waals surface area (Å²) in [5.74, 6) is 0.985. The first kappa shape index (κ1) is 10.0. The zero-order valence-electron chi connectivity index (χ0n) is 8.80. The summed E-state index contributed by atoms with van der Waals surface area (Å²) >= 11 is 0. The van der Waals surface area contributed by atoms with Gasteiger partial charge in [0.25, 0.3) is 0 Å². The van der Waals surface area contributed by atoms with Crippen LogP contribution in [0, 0.1) is 5.92 Å². The minimum absolute atomic E-state index is 0.608. The molecule has 0 radical (unpaired) electrons. The van der Waals surface area contributed by atoms with Crippen molar-refractivity contribution < 1.29 is 0 Å². The Kier molecular flexibility index (Phi) is 3.53. The van der Waals surface area contributed by atoms with E-state index >= 15 is 0 Å². The summed E-state index contributed by atoms with van der Waals surface area (Å²) in [6, 6.07) is 1.39. The molecule has 1 aliphatic rings. The largest absolute Gasteiger partial charge is 0.316 e. The van der Waals surface area contributed by atoms with Gasteiger partial charge in [-0.25, -0.2) is 0 Å². The Morgan fingerprint density at radius 3 is 2.42 bits per heavy atom. The van der Waals surface area contributed by atoms with E-state index in [4.69, 9.17) is 0 Å². The molecule has 2 unspecified atom stereocenters. The third-order valence-corrected chi connectivity index (χ3v) is 3.05. The molecule has 1 N–H and O–H groups in total. The number of nitrogens with zero attached hydrogens (tertiary/aromatic N) is 1. The molecule has 1 rings (SSSR count). The fourth-order valence-corrected chi connectivity index (χ4v) is 1.63. The second kappa shape index (κ2) is 4.24. The molecule has 0 aromatic rings. The van der Waals surface area contributed by atoms with Crippen LogP contribution in [0.25, 0.3) is 0 Å². The molecule has 2 nitrogen and oxygen atoms in total. The number of likely N-dealkylation sites (N-methyl/N-ethyl adjacent to an activating group) is 2. The van der Waals surface area contributed by atoms with Crippen molar-refractivity contribution in [2.24, 2.45) is 5.92 Å². The normalized spacial score (nSPS) is 22.8. The van der Waals surface area contributed by atoms with Crippen LogP contribution in [-0.2, 0) is 0 Å². The second-order valence-corrected chi connectivity index (χ2v) is 4.21. The summed E-state index contributed by atoms with van der Waals surface area (Å²) in [6.45, 7) is 5.74. The van der Waals surface area contributed by atoms with Crippen LogP contribution < -0.4 is 5.32 Å². The highest BCUT2D eigenvalue weighted by Gasteiger charge is 2.30. The zero-order valence-corrected chi connectivity index (χ0v) is 8.80. The zero-order chi connectivity index (χ0) is 9.14. The first-order valence-corrected chi connectivity index (χ1v) is 5.02. The molecule has 1 saturated carbocycles. The maximum absolute atomic E-state index is 3.27. The summed E-state index contributed by atoms with van der Waals surface area (Å²) < 4.78 is 0. The van der Waals surface area contributed by atoms with Gasteiger partial charge < -0.3 is 10.2 Å². The average molecular weight is 170 g/mol. The van der Waals surface area contributed by atoms with Gasteiger partial charge >= 0.3 is 0 Å². The van der Waals surface area contributed by atoms with Gasteiger partial charge in [-0.1, -0.05) is 0 Å². The van der Waals surface area contributed by atoms with Crippen molar-refractivity contribution in [3.63, 3.8) is 0 Å². The third-order valence-electron chi connectivity index (χ3n) is 3.05. The van der Waals surface area contributed by atoms with Crippen LogP contribution in [0.3, 0.4) is 0 Å². The van der Waals surface area contributed by atoms with E-state index in [9.17, 15) is 0 Å². The predicted octanol–water partition coefficient (Wildman–Crippen LogP) is 1.32. The Morgan fingerprint density at radius 2 is 2.00 bits per heavy atom. The van der Waals surface area contributed by atoms with Crippen LogP contribution in [0.1, 0.15) is 26.7 Å². The number of hydrogen-bond donors (Lipinski definition) is 1. The molecule has 0 amide bonds. The van der Waals surface area contributed by atoms with Gasteiger partial charge in [0, 0.05) is 18.6 Å². The van der Waals surface area contributed by atoms with Crippen molar-refractivity contribution in [2.45, 2.75) is 38.8 Å². The Hall–Kier alpha value is -0.0800. The maximum Gasteiger partial charge on any atom is 0.0163 e. The molecule has 12 heavy (non-hydrogen) atoms. The summed E-state index contributed by atoms with van der Waals surface area (Å²) in [4.78, 5) is 2.47.